The van der Waals surface area contributed by atoms with E-state index >= 15 is 4.39 Å². The van der Waals surface area contributed by atoms with Crippen LogP contribution in [-0.2, 0) is 14.8 Å². The van der Waals surface area contributed by atoms with Crippen LogP contribution in [0, 0.1) is 18.6 Å². The summed E-state index contributed by atoms with van der Waals surface area (Å²) in [5.41, 5.74) is 0.843. The van der Waals surface area contributed by atoms with Gasteiger partial charge in [-0.3, -0.25) is 14.4 Å². The normalized spacial score (nSPS) is 11.3. The first kappa shape index (κ1) is 25.8. The Balaban J connectivity index is 1.75. The number of carbonyl (C=O) groups excluding carboxylic acids is 1. The first-order valence-corrected chi connectivity index (χ1v) is 12.5. The number of hydrogen-bond acceptors (Lipinski definition) is 7. The molecular weight excluding hydrogens is 506 g/mol. The van der Waals surface area contributed by atoms with Crippen LogP contribution in [0.2, 0.25) is 0 Å². The largest absolute Gasteiger partial charge is 0.495 e. The summed E-state index contributed by atoms with van der Waals surface area (Å²) < 4.78 is 66.9. The lowest BCUT2D eigenvalue weighted by atomic mass is 10.0. The number of aromatic nitrogens is 2. The minimum Gasteiger partial charge on any atom is -0.495 e. The molecule has 1 N–H and O–H groups in total. The van der Waals surface area contributed by atoms with Crippen molar-refractivity contribution in [2.24, 2.45) is 0 Å². The van der Waals surface area contributed by atoms with Crippen LogP contribution in [0.5, 0.6) is 5.75 Å². The molecule has 0 aliphatic heterocycles. The maximum atomic E-state index is 15.3. The zero-order valence-electron chi connectivity index (χ0n) is 20.0. The third-order valence-corrected chi connectivity index (χ3v) is 6.82. The van der Waals surface area contributed by atoms with Gasteiger partial charge in [0.25, 0.3) is 10.0 Å². The molecule has 0 radical (unpaired) electrons. The number of anilines is 3. The van der Waals surface area contributed by atoms with Gasteiger partial charge in [0.1, 0.15) is 34.4 Å². The molecule has 0 aliphatic carbocycles. The average Bonchev–Trinajstić information content (AvgIpc) is 3.38. The maximum Gasteiger partial charge on any atom is 0.264 e. The van der Waals surface area contributed by atoms with Crippen LogP contribution in [0.25, 0.3) is 11.1 Å². The average molecular weight is 529 g/mol. The Morgan fingerprint density at radius 3 is 2.49 bits per heavy atom. The molecule has 0 saturated heterocycles. The highest BCUT2D eigenvalue weighted by molar-refractivity contribution is 7.92. The number of halogens is 2. The number of pyridine rings is 1. The van der Waals surface area contributed by atoms with Gasteiger partial charge in [-0.15, -0.1) is 0 Å². The number of nitrogens with zero attached hydrogens (tertiary/aromatic N) is 3. The van der Waals surface area contributed by atoms with Crippen molar-refractivity contribution in [1.82, 2.24) is 10.1 Å². The Bertz CT molecular complexity index is 1540. The second kappa shape index (κ2) is 10.3. The van der Waals surface area contributed by atoms with Crippen LogP contribution < -0.4 is 14.4 Å². The summed E-state index contributed by atoms with van der Waals surface area (Å²) in [6.07, 6.45) is 2.30. The Morgan fingerprint density at radius 1 is 1.11 bits per heavy atom. The minimum absolute atomic E-state index is 0.0133. The number of amides is 1. The predicted octanol–water partition coefficient (Wildman–Crippen LogP) is 5.21. The molecule has 0 spiro atoms. The Morgan fingerprint density at radius 2 is 1.89 bits per heavy atom. The van der Waals surface area contributed by atoms with Crippen molar-refractivity contribution < 1.29 is 31.3 Å². The van der Waals surface area contributed by atoms with E-state index in [9.17, 15) is 17.6 Å². The summed E-state index contributed by atoms with van der Waals surface area (Å²) in [5.74, 6) is -1.50. The van der Waals surface area contributed by atoms with Crippen molar-refractivity contribution in [2.75, 3.05) is 16.7 Å². The van der Waals surface area contributed by atoms with Crippen molar-refractivity contribution in [2.45, 2.75) is 25.2 Å². The number of carbonyl (C=O) groups is 1. The van der Waals surface area contributed by atoms with Crippen molar-refractivity contribution >= 4 is 33.3 Å². The van der Waals surface area contributed by atoms with Gasteiger partial charge in [-0.2, -0.15) is 0 Å². The minimum atomic E-state index is -4.03. The first-order chi connectivity index (χ1) is 17.6. The zero-order valence-corrected chi connectivity index (χ0v) is 20.8. The molecule has 4 rings (SSSR count). The van der Waals surface area contributed by atoms with E-state index in [0.29, 0.717) is 11.1 Å². The van der Waals surface area contributed by atoms with Crippen LogP contribution >= 0.6 is 0 Å². The summed E-state index contributed by atoms with van der Waals surface area (Å²) in [7, 11) is -2.68. The summed E-state index contributed by atoms with van der Waals surface area (Å²) in [6, 6.07) is 10.7. The van der Waals surface area contributed by atoms with Gasteiger partial charge in [-0.1, -0.05) is 24.2 Å². The van der Waals surface area contributed by atoms with E-state index in [2.05, 4.69) is 19.4 Å². The Kier molecular flexibility index (Phi) is 7.21. The van der Waals surface area contributed by atoms with Crippen LogP contribution in [0.3, 0.4) is 0 Å². The van der Waals surface area contributed by atoms with Crippen molar-refractivity contribution in [3.05, 3.63) is 78.2 Å². The monoisotopic (exact) mass is 528 g/mol. The molecular formula is C25H22F2N4O5S. The Labute approximate surface area is 211 Å². The van der Waals surface area contributed by atoms with Gasteiger partial charge in [0.2, 0.25) is 5.91 Å². The third kappa shape index (κ3) is 5.28. The highest BCUT2D eigenvalue weighted by atomic mass is 32.2. The molecule has 37 heavy (non-hydrogen) atoms. The van der Waals surface area contributed by atoms with E-state index in [1.807, 2.05) is 0 Å². The highest BCUT2D eigenvalue weighted by Gasteiger charge is 2.25. The number of hydrogen-bond donors (Lipinski definition) is 1. The van der Waals surface area contributed by atoms with Gasteiger partial charge in [0, 0.05) is 30.3 Å². The molecule has 192 valence electrons. The van der Waals surface area contributed by atoms with E-state index in [-0.39, 0.29) is 40.0 Å². The number of methoxy groups -OCH3 is 1. The number of rotatable bonds is 8. The second-order valence-corrected chi connectivity index (χ2v) is 9.58. The number of ether oxygens (including phenoxy) is 1. The molecule has 12 heteroatoms. The fourth-order valence-corrected chi connectivity index (χ4v) is 4.47. The van der Waals surface area contributed by atoms with Gasteiger partial charge >= 0.3 is 0 Å². The van der Waals surface area contributed by atoms with Crippen LogP contribution in [0.4, 0.5) is 26.1 Å². The topological polar surface area (TPSA) is 115 Å². The van der Waals surface area contributed by atoms with Gasteiger partial charge in [-0.25, -0.2) is 22.2 Å². The molecule has 0 fully saturated rings. The number of benzene rings is 2. The van der Waals surface area contributed by atoms with E-state index in [1.54, 1.807) is 19.9 Å². The number of nitrogens with one attached hydrogen (secondary N) is 1. The molecule has 2 aromatic heterocycles. The van der Waals surface area contributed by atoms with Gasteiger partial charge in [0.15, 0.2) is 5.82 Å². The number of aryl methyl sites for hydroxylation is 1. The molecule has 0 atom stereocenters. The molecule has 0 saturated carbocycles. The molecule has 1 amide bonds. The molecule has 2 heterocycles. The quantitative estimate of drug-likeness (QED) is 0.334. The first-order valence-electron chi connectivity index (χ1n) is 11.0. The van der Waals surface area contributed by atoms with Gasteiger partial charge < -0.3 is 9.26 Å². The molecule has 4 aromatic rings. The SMILES string of the molecule is CCC(=O)N(c1ccc(S(=O)(=O)Nc2ccon2)cn1)c1cc(F)c(-c2ccc(C)c(F)c2)cc1OC. The highest BCUT2D eigenvalue weighted by Crippen LogP contribution is 2.39. The summed E-state index contributed by atoms with van der Waals surface area (Å²) in [6.45, 7) is 3.21. The van der Waals surface area contributed by atoms with E-state index in [1.165, 1.54) is 49.8 Å². The fraction of sp³-hybridized carbons (Fsp3) is 0.160. The number of sulfonamides is 1. The van der Waals surface area contributed by atoms with Crippen LogP contribution in [0.1, 0.15) is 18.9 Å². The lowest BCUT2D eigenvalue weighted by molar-refractivity contribution is -0.117. The zero-order chi connectivity index (χ0) is 26.7. The standard InChI is InChI=1S/C25H22F2N4O5S/c1-4-25(32)31(24-8-7-17(14-28-24)37(33,34)30-23-9-10-36-29-23)21-13-20(27)18(12-22(21)35-3)16-6-5-15(2)19(26)11-16/h5-14H,4H2,1-3H3,(H,29,30). The third-order valence-electron chi connectivity index (χ3n) is 5.48. The lowest BCUT2D eigenvalue weighted by Gasteiger charge is -2.24. The van der Waals surface area contributed by atoms with Crippen LogP contribution in [-0.4, -0.2) is 31.6 Å². The second-order valence-electron chi connectivity index (χ2n) is 7.89. The predicted molar refractivity (Wildman–Crippen MR) is 132 cm³/mol. The fourth-order valence-electron chi connectivity index (χ4n) is 3.53. The van der Waals surface area contributed by atoms with E-state index in [4.69, 9.17) is 4.74 Å². The molecule has 0 bridgehead atoms. The smallest absolute Gasteiger partial charge is 0.264 e. The molecule has 0 aliphatic rings. The van der Waals surface area contributed by atoms with Crippen molar-refractivity contribution in [1.29, 1.82) is 0 Å². The van der Waals surface area contributed by atoms with Crippen molar-refractivity contribution in [3.8, 4) is 16.9 Å². The van der Waals surface area contributed by atoms with Gasteiger partial charge in [0.05, 0.1) is 12.8 Å². The van der Waals surface area contributed by atoms with Gasteiger partial charge in [-0.05, 0) is 42.3 Å². The molecule has 0 unspecified atom stereocenters. The van der Waals surface area contributed by atoms with Crippen molar-refractivity contribution in [3.63, 3.8) is 0 Å². The lowest BCUT2D eigenvalue weighted by Crippen LogP contribution is -2.26. The summed E-state index contributed by atoms with van der Waals surface area (Å²) >= 11 is 0. The maximum absolute atomic E-state index is 15.3. The molecule has 2 aromatic carbocycles. The van der Waals surface area contributed by atoms with E-state index in [0.717, 1.165) is 17.2 Å². The summed E-state index contributed by atoms with van der Waals surface area (Å²) in [5, 5.41) is 3.50. The van der Waals surface area contributed by atoms with E-state index < -0.39 is 27.6 Å². The van der Waals surface area contributed by atoms with Crippen LogP contribution in [0.15, 0.2) is 70.4 Å². The Hall–Kier alpha value is -4.32. The summed E-state index contributed by atoms with van der Waals surface area (Å²) in [4.78, 5) is 18.0. The molecule has 9 nitrogen and oxygen atoms in total.